The molecule has 0 saturated heterocycles. The van der Waals surface area contributed by atoms with Crippen LogP contribution in [0.25, 0.3) is 0 Å². The summed E-state index contributed by atoms with van der Waals surface area (Å²) in [4.78, 5) is 1.67. The largest absolute Gasteiger partial charge is 0.395 e. The normalized spacial score (nSPS) is 10.9. The van der Waals surface area contributed by atoms with E-state index in [0.717, 1.165) is 6.07 Å². The fourth-order valence-electron chi connectivity index (χ4n) is 1.48. The fourth-order valence-corrected chi connectivity index (χ4v) is 1.48. The molecule has 1 rings (SSSR count). The van der Waals surface area contributed by atoms with Gasteiger partial charge in [0, 0.05) is 31.3 Å². The molecule has 2 nitrogen and oxygen atoms in total. The Morgan fingerprint density at radius 3 is 2.41 bits per heavy atom. The third-order valence-corrected chi connectivity index (χ3v) is 2.29. The van der Waals surface area contributed by atoms with Crippen molar-refractivity contribution < 1.29 is 18.3 Å². The lowest BCUT2D eigenvalue weighted by Crippen LogP contribution is -2.27. The maximum atomic E-state index is 13.3. The van der Waals surface area contributed by atoms with Gasteiger partial charge in [-0.15, -0.1) is 6.58 Å². The Morgan fingerprint density at radius 2 is 1.82 bits per heavy atom. The molecule has 0 unspecified atom stereocenters. The first-order valence-electron chi connectivity index (χ1n) is 5.16. The van der Waals surface area contributed by atoms with Crippen LogP contribution in [-0.2, 0) is 6.54 Å². The molecule has 0 fully saturated rings. The van der Waals surface area contributed by atoms with Crippen LogP contribution in [0.2, 0.25) is 0 Å². The van der Waals surface area contributed by atoms with Crippen molar-refractivity contribution in [2.45, 2.75) is 6.54 Å². The smallest absolute Gasteiger partial charge is 0.161 e. The van der Waals surface area contributed by atoms with E-state index in [-0.39, 0.29) is 18.7 Å². The molecule has 0 radical (unpaired) electrons. The Balaban J connectivity index is 2.84. The van der Waals surface area contributed by atoms with Crippen LogP contribution in [0.1, 0.15) is 5.56 Å². The number of hydrogen-bond donors (Lipinski definition) is 1. The summed E-state index contributed by atoms with van der Waals surface area (Å²) in [5, 5.41) is 8.81. The molecule has 0 atom stereocenters. The number of aliphatic hydroxyl groups is 1. The van der Waals surface area contributed by atoms with Crippen LogP contribution in [0, 0.1) is 17.5 Å². The van der Waals surface area contributed by atoms with Gasteiger partial charge >= 0.3 is 0 Å². The van der Waals surface area contributed by atoms with E-state index in [0.29, 0.717) is 19.2 Å². The van der Waals surface area contributed by atoms with Crippen molar-refractivity contribution in [3.05, 3.63) is 47.8 Å². The van der Waals surface area contributed by atoms with Crippen LogP contribution in [0.4, 0.5) is 13.2 Å². The van der Waals surface area contributed by atoms with Crippen molar-refractivity contribution >= 4 is 0 Å². The SMILES string of the molecule is C=CCN(CCO)Cc1cc(F)c(F)cc1F. The second kappa shape index (κ2) is 6.42. The third kappa shape index (κ3) is 3.87. The highest BCUT2D eigenvalue weighted by molar-refractivity contribution is 5.20. The van der Waals surface area contributed by atoms with Gasteiger partial charge < -0.3 is 5.11 Å². The summed E-state index contributed by atoms with van der Waals surface area (Å²) < 4.78 is 39.0. The molecule has 0 saturated carbocycles. The van der Waals surface area contributed by atoms with Crippen LogP contribution in [-0.4, -0.2) is 29.7 Å². The van der Waals surface area contributed by atoms with E-state index >= 15 is 0 Å². The van der Waals surface area contributed by atoms with E-state index in [1.807, 2.05) is 0 Å². The molecule has 0 heterocycles. The standard InChI is InChI=1S/C12H14F3NO/c1-2-3-16(4-5-17)8-9-6-11(14)12(15)7-10(9)13/h2,6-7,17H,1,3-5,8H2. The van der Waals surface area contributed by atoms with Crippen LogP contribution >= 0.6 is 0 Å². The number of nitrogens with zero attached hydrogens (tertiary/aromatic N) is 1. The highest BCUT2D eigenvalue weighted by atomic mass is 19.2. The second-order valence-electron chi connectivity index (χ2n) is 3.61. The first kappa shape index (κ1) is 13.7. The lowest BCUT2D eigenvalue weighted by atomic mass is 10.2. The monoisotopic (exact) mass is 245 g/mol. The minimum atomic E-state index is -1.20. The molecule has 0 aromatic heterocycles. The molecular formula is C12H14F3NO. The minimum Gasteiger partial charge on any atom is -0.395 e. The molecular weight excluding hydrogens is 231 g/mol. The average Bonchev–Trinajstić information content (AvgIpc) is 2.26. The van der Waals surface area contributed by atoms with Crippen LogP contribution < -0.4 is 0 Å². The molecule has 0 aliphatic rings. The quantitative estimate of drug-likeness (QED) is 0.612. The highest BCUT2D eigenvalue weighted by Crippen LogP contribution is 2.15. The Labute approximate surface area is 98.0 Å². The molecule has 5 heteroatoms. The molecule has 1 aromatic carbocycles. The molecule has 0 aliphatic carbocycles. The first-order valence-corrected chi connectivity index (χ1v) is 5.16. The zero-order chi connectivity index (χ0) is 12.8. The van der Waals surface area contributed by atoms with Crippen molar-refractivity contribution in [2.75, 3.05) is 19.7 Å². The minimum absolute atomic E-state index is 0.0548. The van der Waals surface area contributed by atoms with Gasteiger partial charge in [-0.2, -0.15) is 0 Å². The maximum Gasteiger partial charge on any atom is 0.161 e. The highest BCUT2D eigenvalue weighted by Gasteiger charge is 2.12. The topological polar surface area (TPSA) is 23.5 Å². The first-order chi connectivity index (χ1) is 8.08. The van der Waals surface area contributed by atoms with Crippen LogP contribution in [0.15, 0.2) is 24.8 Å². The van der Waals surface area contributed by atoms with E-state index in [4.69, 9.17) is 5.11 Å². The molecule has 0 spiro atoms. The number of hydrogen-bond acceptors (Lipinski definition) is 2. The number of benzene rings is 1. The summed E-state index contributed by atoms with van der Waals surface area (Å²) in [6.45, 7) is 4.26. The maximum absolute atomic E-state index is 13.3. The summed E-state index contributed by atoms with van der Waals surface area (Å²) in [6.07, 6.45) is 1.59. The van der Waals surface area contributed by atoms with Crippen molar-refractivity contribution in [3.8, 4) is 0 Å². The zero-order valence-electron chi connectivity index (χ0n) is 9.30. The third-order valence-electron chi connectivity index (χ3n) is 2.29. The van der Waals surface area contributed by atoms with Gasteiger partial charge in [0.1, 0.15) is 5.82 Å². The molecule has 17 heavy (non-hydrogen) atoms. The van der Waals surface area contributed by atoms with Gasteiger partial charge in [-0.05, 0) is 6.07 Å². The number of rotatable bonds is 6. The van der Waals surface area contributed by atoms with E-state index in [9.17, 15) is 13.2 Å². The molecule has 0 aliphatic heterocycles. The van der Waals surface area contributed by atoms with Gasteiger partial charge in [0.15, 0.2) is 11.6 Å². The predicted molar refractivity (Wildman–Crippen MR) is 58.9 cm³/mol. The molecule has 0 amide bonds. The molecule has 94 valence electrons. The van der Waals surface area contributed by atoms with Gasteiger partial charge in [-0.3, -0.25) is 4.90 Å². The van der Waals surface area contributed by atoms with E-state index in [1.54, 1.807) is 11.0 Å². The summed E-state index contributed by atoms with van der Waals surface area (Å²) in [7, 11) is 0. The fraction of sp³-hybridized carbons (Fsp3) is 0.333. The number of aliphatic hydroxyl groups excluding tert-OH is 1. The Bertz CT molecular complexity index is 396. The predicted octanol–water partition coefficient (Wildman–Crippen LogP) is 2.08. The molecule has 1 N–H and O–H groups in total. The summed E-state index contributed by atoms with van der Waals surface area (Å²) in [5.74, 6) is -3.08. The van der Waals surface area contributed by atoms with Gasteiger partial charge in [-0.1, -0.05) is 6.08 Å². The van der Waals surface area contributed by atoms with E-state index < -0.39 is 17.5 Å². The van der Waals surface area contributed by atoms with Crippen molar-refractivity contribution in [1.29, 1.82) is 0 Å². The Morgan fingerprint density at radius 1 is 1.18 bits per heavy atom. The molecule has 0 bridgehead atoms. The summed E-state index contributed by atoms with van der Waals surface area (Å²) in [5.41, 5.74) is 0.0548. The number of halogens is 3. The van der Waals surface area contributed by atoms with Gasteiger partial charge in [0.25, 0.3) is 0 Å². The van der Waals surface area contributed by atoms with Crippen molar-refractivity contribution in [2.24, 2.45) is 0 Å². The Kier molecular flexibility index (Phi) is 5.18. The van der Waals surface area contributed by atoms with Gasteiger partial charge in [-0.25, -0.2) is 13.2 Å². The van der Waals surface area contributed by atoms with Crippen LogP contribution in [0.5, 0.6) is 0 Å². The lowest BCUT2D eigenvalue weighted by Gasteiger charge is -2.19. The van der Waals surface area contributed by atoms with Crippen LogP contribution in [0.3, 0.4) is 0 Å². The van der Waals surface area contributed by atoms with Gasteiger partial charge in [0.2, 0.25) is 0 Å². The summed E-state index contributed by atoms with van der Waals surface area (Å²) >= 11 is 0. The van der Waals surface area contributed by atoms with Crippen molar-refractivity contribution in [3.63, 3.8) is 0 Å². The lowest BCUT2D eigenvalue weighted by molar-refractivity contribution is 0.201. The van der Waals surface area contributed by atoms with E-state index in [2.05, 4.69) is 6.58 Å². The average molecular weight is 245 g/mol. The molecule has 1 aromatic rings. The second-order valence-corrected chi connectivity index (χ2v) is 3.61. The Hall–Kier alpha value is -1.33. The van der Waals surface area contributed by atoms with Crippen molar-refractivity contribution in [1.82, 2.24) is 4.90 Å². The zero-order valence-corrected chi connectivity index (χ0v) is 9.30. The van der Waals surface area contributed by atoms with E-state index in [1.165, 1.54) is 0 Å². The van der Waals surface area contributed by atoms with Gasteiger partial charge in [0.05, 0.1) is 6.61 Å². The summed E-state index contributed by atoms with van der Waals surface area (Å²) in [6, 6.07) is 1.35.